The van der Waals surface area contributed by atoms with Crippen molar-refractivity contribution in [2.45, 2.75) is 30.6 Å². The summed E-state index contributed by atoms with van der Waals surface area (Å²) in [5, 5.41) is 4.01. The van der Waals surface area contributed by atoms with Crippen molar-refractivity contribution in [2.24, 2.45) is 0 Å². The van der Waals surface area contributed by atoms with E-state index in [1.807, 2.05) is 24.3 Å². The standard InChI is InChI=1S/C21H25N3O5S/c1-27-17-9-7-16(8-10-17)21-23-20(29-24-21)6-4-3-5-15-22-30(25,26)19-13-11-18(28-2)12-14-19/h7-14,22H,3-6,15H2,1-2H3. The molecule has 0 saturated carbocycles. The van der Waals surface area contributed by atoms with Gasteiger partial charge in [0.25, 0.3) is 0 Å². The van der Waals surface area contributed by atoms with Gasteiger partial charge in [-0.3, -0.25) is 0 Å². The van der Waals surface area contributed by atoms with Crippen molar-refractivity contribution in [3.63, 3.8) is 0 Å². The number of aromatic nitrogens is 2. The maximum atomic E-state index is 12.3. The van der Waals surface area contributed by atoms with E-state index in [0.29, 0.717) is 30.4 Å². The molecule has 0 fully saturated rings. The number of hydrogen-bond donors (Lipinski definition) is 1. The Kier molecular flexibility index (Phi) is 7.42. The third kappa shape index (κ3) is 5.80. The third-order valence-electron chi connectivity index (χ3n) is 4.55. The Morgan fingerprint density at radius 2 is 1.53 bits per heavy atom. The molecule has 0 aliphatic carbocycles. The molecule has 0 radical (unpaired) electrons. The topological polar surface area (TPSA) is 104 Å². The van der Waals surface area contributed by atoms with Crippen LogP contribution in [0.25, 0.3) is 11.4 Å². The number of methoxy groups -OCH3 is 2. The molecule has 1 heterocycles. The predicted molar refractivity (Wildman–Crippen MR) is 112 cm³/mol. The van der Waals surface area contributed by atoms with E-state index in [9.17, 15) is 8.42 Å². The fourth-order valence-corrected chi connectivity index (χ4v) is 3.91. The van der Waals surface area contributed by atoms with Crippen molar-refractivity contribution in [1.82, 2.24) is 14.9 Å². The zero-order chi connectivity index (χ0) is 21.4. The molecule has 3 aromatic rings. The van der Waals surface area contributed by atoms with Crippen LogP contribution in [0.4, 0.5) is 0 Å². The van der Waals surface area contributed by atoms with Gasteiger partial charge in [-0.25, -0.2) is 13.1 Å². The highest BCUT2D eigenvalue weighted by atomic mass is 32.2. The van der Waals surface area contributed by atoms with Crippen molar-refractivity contribution in [1.29, 1.82) is 0 Å². The van der Waals surface area contributed by atoms with Gasteiger partial charge in [-0.05, 0) is 61.4 Å². The van der Waals surface area contributed by atoms with Crippen LogP contribution >= 0.6 is 0 Å². The molecular formula is C21H25N3O5S. The van der Waals surface area contributed by atoms with Gasteiger partial charge in [0.1, 0.15) is 11.5 Å². The Morgan fingerprint density at radius 1 is 0.900 bits per heavy atom. The van der Waals surface area contributed by atoms with Gasteiger partial charge in [0.2, 0.25) is 21.7 Å². The Morgan fingerprint density at radius 3 is 2.17 bits per heavy atom. The monoisotopic (exact) mass is 431 g/mol. The van der Waals surface area contributed by atoms with Crippen LogP contribution in [0.1, 0.15) is 25.2 Å². The highest BCUT2D eigenvalue weighted by molar-refractivity contribution is 7.89. The molecule has 30 heavy (non-hydrogen) atoms. The highest BCUT2D eigenvalue weighted by Crippen LogP contribution is 2.20. The second-order valence-corrected chi connectivity index (χ2v) is 8.39. The lowest BCUT2D eigenvalue weighted by Gasteiger charge is -2.07. The molecule has 0 saturated heterocycles. The van der Waals surface area contributed by atoms with E-state index in [4.69, 9.17) is 14.0 Å². The molecule has 0 aliphatic rings. The number of ether oxygens (including phenoxy) is 2. The van der Waals surface area contributed by atoms with Gasteiger partial charge in [0, 0.05) is 18.5 Å². The minimum absolute atomic E-state index is 0.222. The lowest BCUT2D eigenvalue weighted by molar-refractivity contribution is 0.374. The summed E-state index contributed by atoms with van der Waals surface area (Å²) in [6.45, 7) is 0.370. The van der Waals surface area contributed by atoms with Crippen LogP contribution in [-0.2, 0) is 16.4 Å². The molecule has 0 amide bonds. The first-order chi connectivity index (χ1) is 14.5. The number of aryl methyl sites for hydroxylation is 1. The van der Waals surface area contributed by atoms with E-state index in [0.717, 1.165) is 30.6 Å². The molecule has 1 N–H and O–H groups in total. The summed E-state index contributed by atoms with van der Waals surface area (Å²) >= 11 is 0. The maximum absolute atomic E-state index is 12.3. The van der Waals surface area contributed by atoms with Gasteiger partial charge in [-0.2, -0.15) is 4.98 Å². The van der Waals surface area contributed by atoms with E-state index in [1.165, 1.54) is 19.2 Å². The summed E-state index contributed by atoms with van der Waals surface area (Å²) in [6, 6.07) is 13.7. The molecule has 0 bridgehead atoms. The van der Waals surface area contributed by atoms with Crippen molar-refractivity contribution < 1.29 is 22.4 Å². The number of nitrogens with zero attached hydrogens (tertiary/aromatic N) is 2. The van der Waals surface area contributed by atoms with Crippen LogP contribution in [0.2, 0.25) is 0 Å². The van der Waals surface area contributed by atoms with Crippen LogP contribution in [-0.4, -0.2) is 39.3 Å². The van der Waals surface area contributed by atoms with Crippen molar-refractivity contribution in [2.75, 3.05) is 20.8 Å². The quantitative estimate of drug-likeness (QED) is 0.464. The van der Waals surface area contributed by atoms with Crippen LogP contribution < -0.4 is 14.2 Å². The van der Waals surface area contributed by atoms with Crippen LogP contribution in [0.3, 0.4) is 0 Å². The average Bonchev–Trinajstić information content (AvgIpc) is 3.25. The molecule has 2 aromatic carbocycles. The number of nitrogens with one attached hydrogen (secondary N) is 1. The molecule has 0 aliphatic heterocycles. The van der Waals surface area contributed by atoms with Crippen LogP contribution in [0.5, 0.6) is 11.5 Å². The first kappa shape index (κ1) is 21.8. The maximum Gasteiger partial charge on any atom is 0.240 e. The van der Waals surface area contributed by atoms with Gasteiger partial charge in [0.15, 0.2) is 0 Å². The number of rotatable bonds is 11. The van der Waals surface area contributed by atoms with E-state index in [-0.39, 0.29) is 4.90 Å². The smallest absolute Gasteiger partial charge is 0.240 e. The molecule has 0 atom stereocenters. The zero-order valence-corrected chi connectivity index (χ0v) is 17.8. The molecule has 3 rings (SSSR count). The van der Waals surface area contributed by atoms with E-state index in [2.05, 4.69) is 14.9 Å². The summed E-state index contributed by atoms with van der Waals surface area (Å²) in [7, 11) is -0.358. The molecule has 160 valence electrons. The SMILES string of the molecule is COc1ccc(-c2noc(CCCCCNS(=O)(=O)c3ccc(OC)cc3)n2)cc1. The van der Waals surface area contributed by atoms with E-state index in [1.54, 1.807) is 19.2 Å². The fraction of sp³-hybridized carbons (Fsp3) is 0.333. The largest absolute Gasteiger partial charge is 0.497 e. The average molecular weight is 432 g/mol. The summed E-state index contributed by atoms with van der Waals surface area (Å²) in [5.74, 6) is 2.50. The zero-order valence-electron chi connectivity index (χ0n) is 17.0. The number of unbranched alkanes of at least 4 members (excludes halogenated alkanes) is 2. The Balaban J connectivity index is 1.39. The number of sulfonamides is 1. The summed E-state index contributed by atoms with van der Waals surface area (Å²) in [5.41, 5.74) is 0.860. The first-order valence-corrected chi connectivity index (χ1v) is 11.1. The Hall–Kier alpha value is -2.91. The van der Waals surface area contributed by atoms with Gasteiger partial charge in [0.05, 0.1) is 19.1 Å². The minimum atomic E-state index is -3.51. The second kappa shape index (κ2) is 10.2. The van der Waals surface area contributed by atoms with Crippen molar-refractivity contribution >= 4 is 10.0 Å². The predicted octanol–water partition coefficient (Wildman–Crippen LogP) is 3.45. The van der Waals surface area contributed by atoms with Gasteiger partial charge in [-0.15, -0.1) is 0 Å². The summed E-state index contributed by atoms with van der Waals surface area (Å²) in [6.07, 6.45) is 3.03. The molecular weight excluding hydrogens is 406 g/mol. The lowest BCUT2D eigenvalue weighted by atomic mass is 10.2. The molecule has 1 aromatic heterocycles. The van der Waals surface area contributed by atoms with Gasteiger partial charge >= 0.3 is 0 Å². The van der Waals surface area contributed by atoms with Crippen LogP contribution in [0.15, 0.2) is 57.9 Å². The van der Waals surface area contributed by atoms with Gasteiger partial charge < -0.3 is 14.0 Å². The van der Waals surface area contributed by atoms with Crippen molar-refractivity contribution in [3.8, 4) is 22.9 Å². The van der Waals surface area contributed by atoms with Crippen molar-refractivity contribution in [3.05, 3.63) is 54.4 Å². The van der Waals surface area contributed by atoms with Gasteiger partial charge in [-0.1, -0.05) is 11.6 Å². The fourth-order valence-electron chi connectivity index (χ4n) is 2.84. The van der Waals surface area contributed by atoms with Crippen LogP contribution in [0, 0.1) is 0 Å². The number of hydrogen-bond acceptors (Lipinski definition) is 7. The van der Waals surface area contributed by atoms with E-state index >= 15 is 0 Å². The normalized spacial score (nSPS) is 11.4. The summed E-state index contributed by atoms with van der Waals surface area (Å²) < 4.78 is 42.6. The minimum Gasteiger partial charge on any atom is -0.497 e. The molecule has 0 unspecified atom stereocenters. The third-order valence-corrected chi connectivity index (χ3v) is 6.02. The molecule has 0 spiro atoms. The highest BCUT2D eigenvalue weighted by Gasteiger charge is 2.13. The Labute approximate surface area is 176 Å². The molecule has 9 heteroatoms. The molecule has 8 nitrogen and oxygen atoms in total. The van der Waals surface area contributed by atoms with E-state index < -0.39 is 10.0 Å². The lowest BCUT2D eigenvalue weighted by Crippen LogP contribution is -2.24. The summed E-state index contributed by atoms with van der Waals surface area (Å²) in [4.78, 5) is 4.63. The first-order valence-electron chi connectivity index (χ1n) is 9.62. The Bertz CT molecular complexity index is 1030. The number of benzene rings is 2. The second-order valence-electron chi connectivity index (χ2n) is 6.62.